The fourth-order valence-electron chi connectivity index (χ4n) is 5.84. The third-order valence-electron chi connectivity index (χ3n) is 8.26. The summed E-state index contributed by atoms with van der Waals surface area (Å²) in [6.07, 6.45) is 0. The zero-order valence-corrected chi connectivity index (χ0v) is 37.1. The lowest BCUT2D eigenvalue weighted by Crippen LogP contribution is -2.29. The van der Waals surface area contributed by atoms with E-state index in [1.165, 1.54) is 54.9 Å². The molecular weight excluding hydrogens is 1000 g/mol. The van der Waals surface area contributed by atoms with Crippen LogP contribution < -0.4 is 5.46 Å². The molecule has 0 heterocycles. The molecular formula is C46H38BBrCl2I2O2. The van der Waals surface area contributed by atoms with Crippen molar-refractivity contribution in [3.63, 3.8) is 0 Å². The molecule has 0 fully saturated rings. The quantitative estimate of drug-likeness (QED) is 0.105. The highest BCUT2D eigenvalue weighted by molar-refractivity contribution is 14.1. The van der Waals surface area contributed by atoms with E-state index >= 15 is 0 Å². The van der Waals surface area contributed by atoms with Gasteiger partial charge in [0.2, 0.25) is 0 Å². The van der Waals surface area contributed by atoms with E-state index in [1.54, 1.807) is 24.3 Å². The Morgan fingerprint density at radius 2 is 0.833 bits per heavy atom. The lowest BCUT2D eigenvalue weighted by atomic mass is 9.81. The molecule has 0 saturated heterocycles. The minimum Gasteiger partial charge on any atom is -0.423 e. The van der Waals surface area contributed by atoms with Crippen LogP contribution >= 0.6 is 84.3 Å². The van der Waals surface area contributed by atoms with E-state index in [0.29, 0.717) is 10.5 Å². The average Bonchev–Trinajstić information content (AvgIpc) is 3.23. The van der Waals surface area contributed by atoms with Crippen LogP contribution in [-0.4, -0.2) is 27.0 Å². The van der Waals surface area contributed by atoms with Gasteiger partial charge in [-0.15, -0.1) is 0 Å². The summed E-state index contributed by atoms with van der Waals surface area (Å²) in [5.74, 6) is 0. The monoisotopic (exact) mass is 1040 g/mol. The number of benzene rings is 8. The maximum absolute atomic E-state index is 8.63. The lowest BCUT2D eigenvalue weighted by Gasteiger charge is -2.14. The van der Waals surface area contributed by atoms with E-state index in [4.69, 9.17) is 33.2 Å². The van der Waals surface area contributed by atoms with Gasteiger partial charge < -0.3 is 10.0 Å². The predicted octanol–water partition coefficient (Wildman–Crippen LogP) is 14.2. The van der Waals surface area contributed by atoms with Crippen molar-refractivity contribution in [2.75, 3.05) is 9.86 Å². The molecule has 0 spiro atoms. The Bertz CT molecular complexity index is 2330. The molecule has 0 bridgehead atoms. The first-order valence-electron chi connectivity index (χ1n) is 16.8. The second-order valence-electron chi connectivity index (χ2n) is 11.5. The number of rotatable bonds is 4. The Hall–Kier alpha value is -3.22. The van der Waals surface area contributed by atoms with Gasteiger partial charge in [-0.1, -0.05) is 236 Å². The third kappa shape index (κ3) is 11.9. The minimum atomic E-state index is -1.41. The lowest BCUT2D eigenvalue weighted by molar-refractivity contribution is 0.426. The molecule has 0 aliphatic rings. The molecule has 8 heteroatoms. The summed E-state index contributed by atoms with van der Waals surface area (Å²) in [6, 6.07) is 61.1. The average molecular weight is 1040 g/mol. The molecule has 8 aromatic rings. The molecule has 2 nitrogen and oxygen atoms in total. The maximum Gasteiger partial charge on any atom is 0.488 e. The molecule has 8 aromatic carbocycles. The fourth-order valence-corrected chi connectivity index (χ4v) is 6.66. The molecule has 0 unspecified atom stereocenters. The van der Waals surface area contributed by atoms with Gasteiger partial charge in [0.05, 0.1) is 0 Å². The molecule has 0 atom stereocenters. The van der Waals surface area contributed by atoms with E-state index in [-0.39, 0.29) is 0 Å². The molecule has 0 aromatic heterocycles. The van der Waals surface area contributed by atoms with Crippen LogP contribution in [0.15, 0.2) is 186 Å². The zero-order valence-electron chi connectivity index (χ0n) is 29.7. The first-order chi connectivity index (χ1) is 26.4. The molecule has 8 rings (SSSR count). The fraction of sp³-hybridized carbons (Fsp3) is 0.0435. The Morgan fingerprint density at radius 1 is 0.426 bits per heavy atom. The van der Waals surface area contributed by atoms with Crippen LogP contribution in [0.25, 0.3) is 54.9 Å². The van der Waals surface area contributed by atoms with Crippen LogP contribution in [0.2, 0.25) is 10.0 Å². The third-order valence-corrected chi connectivity index (χ3v) is 9.42. The highest BCUT2D eigenvalue weighted by atomic mass is 127. The zero-order chi connectivity index (χ0) is 38.9. The molecule has 54 heavy (non-hydrogen) atoms. The van der Waals surface area contributed by atoms with Crippen molar-refractivity contribution in [3.05, 3.63) is 197 Å². The van der Waals surface area contributed by atoms with E-state index in [0.717, 1.165) is 9.50 Å². The summed E-state index contributed by atoms with van der Waals surface area (Å²) in [4.78, 5) is 3.94. The van der Waals surface area contributed by atoms with Crippen LogP contribution in [0, 0.1) is 0 Å². The Kier molecular flexibility index (Phi) is 18.5. The van der Waals surface area contributed by atoms with Gasteiger partial charge in [-0.25, -0.2) is 0 Å². The van der Waals surface area contributed by atoms with Crippen LogP contribution in [0.5, 0.6) is 0 Å². The standard InChI is InChI=1S/C22H15Cl.C16H11Br.C6H6BClO2.2CH3I/c23-19-13-10-17(11-14-19)21-15-12-16-6-4-5-9-20(16)22(21)18-7-2-1-3-8-18;17-15-11-10-12-6-4-5-9-14(12)16(15)13-7-2-1-3-8-13;8-6-3-1-5(2-4-6)7(9)10;2*1-2/h1-15H;1-11H;1-4,9-10H;2*1H3. The van der Waals surface area contributed by atoms with E-state index in [2.05, 4.69) is 201 Å². The van der Waals surface area contributed by atoms with Gasteiger partial charge in [0.25, 0.3) is 0 Å². The largest absolute Gasteiger partial charge is 0.488 e. The molecule has 0 radical (unpaired) electrons. The highest BCUT2D eigenvalue weighted by Gasteiger charge is 2.12. The number of fused-ring (bicyclic) bond motifs is 2. The number of alkyl halides is 2. The Balaban J connectivity index is 0.000000184. The van der Waals surface area contributed by atoms with Crippen molar-refractivity contribution in [2.24, 2.45) is 0 Å². The molecule has 0 aliphatic heterocycles. The van der Waals surface area contributed by atoms with Gasteiger partial charge in [-0.2, -0.15) is 0 Å². The maximum atomic E-state index is 8.63. The molecule has 2 N–H and O–H groups in total. The summed E-state index contributed by atoms with van der Waals surface area (Å²) in [6.45, 7) is 0. The van der Waals surface area contributed by atoms with Crippen molar-refractivity contribution < 1.29 is 10.0 Å². The van der Waals surface area contributed by atoms with E-state index < -0.39 is 7.12 Å². The van der Waals surface area contributed by atoms with Gasteiger partial charge in [0.1, 0.15) is 0 Å². The van der Waals surface area contributed by atoms with E-state index in [9.17, 15) is 0 Å². The molecule has 0 amide bonds. The van der Waals surface area contributed by atoms with Crippen molar-refractivity contribution in [1.82, 2.24) is 0 Å². The van der Waals surface area contributed by atoms with Crippen LogP contribution in [-0.2, 0) is 0 Å². The molecule has 0 aliphatic carbocycles. The highest BCUT2D eigenvalue weighted by Crippen LogP contribution is 2.38. The van der Waals surface area contributed by atoms with Crippen LogP contribution in [0.3, 0.4) is 0 Å². The second-order valence-corrected chi connectivity index (χ2v) is 13.2. The summed E-state index contributed by atoms with van der Waals surface area (Å²) < 4.78 is 1.14. The number of hydrogen-bond donors (Lipinski definition) is 2. The van der Waals surface area contributed by atoms with Crippen molar-refractivity contribution in [3.8, 4) is 33.4 Å². The molecule has 272 valence electrons. The summed E-state index contributed by atoms with van der Waals surface area (Å²) in [7, 11) is -1.41. The summed E-state index contributed by atoms with van der Waals surface area (Å²) >= 11 is 19.6. The Labute approximate surface area is 364 Å². The van der Waals surface area contributed by atoms with Gasteiger partial charge in [0, 0.05) is 20.1 Å². The van der Waals surface area contributed by atoms with Gasteiger partial charge >= 0.3 is 7.12 Å². The normalized spacial score (nSPS) is 9.94. The first kappa shape index (κ1) is 43.5. The van der Waals surface area contributed by atoms with Crippen molar-refractivity contribution >= 4 is 118 Å². The smallest absolute Gasteiger partial charge is 0.423 e. The van der Waals surface area contributed by atoms with Gasteiger partial charge in [-0.05, 0) is 95.0 Å². The SMILES string of the molecule is Brc1ccc2ccccc2c1-c1ccccc1.CI.CI.Clc1ccc(-c2ccc3ccccc3c2-c2ccccc2)cc1.OB(O)c1ccc(Cl)cc1. The molecule has 0 saturated carbocycles. The van der Waals surface area contributed by atoms with Crippen LogP contribution in [0.4, 0.5) is 0 Å². The van der Waals surface area contributed by atoms with Crippen LogP contribution in [0.1, 0.15) is 0 Å². The summed E-state index contributed by atoms with van der Waals surface area (Å²) in [5, 5.41) is 23.7. The van der Waals surface area contributed by atoms with Crippen molar-refractivity contribution in [2.45, 2.75) is 0 Å². The predicted molar refractivity (Wildman–Crippen MR) is 258 cm³/mol. The van der Waals surface area contributed by atoms with E-state index in [1.807, 2.05) is 28.1 Å². The summed E-state index contributed by atoms with van der Waals surface area (Å²) in [5.41, 5.74) is 7.87. The Morgan fingerprint density at radius 3 is 1.33 bits per heavy atom. The minimum absolute atomic E-state index is 0.449. The number of halogens is 5. The van der Waals surface area contributed by atoms with Gasteiger partial charge in [-0.3, -0.25) is 0 Å². The first-order valence-corrected chi connectivity index (χ1v) is 22.7. The number of hydrogen-bond acceptors (Lipinski definition) is 2. The topological polar surface area (TPSA) is 40.5 Å². The van der Waals surface area contributed by atoms with Crippen molar-refractivity contribution in [1.29, 1.82) is 0 Å². The second kappa shape index (κ2) is 23.0. The van der Waals surface area contributed by atoms with Gasteiger partial charge in [0.15, 0.2) is 0 Å².